The summed E-state index contributed by atoms with van der Waals surface area (Å²) in [5, 5.41) is 12.6. The van der Waals surface area contributed by atoms with E-state index in [4.69, 9.17) is 0 Å². The number of nitrogens with zero attached hydrogens (tertiary/aromatic N) is 1. The second kappa shape index (κ2) is 4.78. The van der Waals surface area contributed by atoms with Crippen LogP contribution in [0.3, 0.4) is 0 Å². The highest BCUT2D eigenvalue weighted by Gasteiger charge is 2.32. The molecule has 0 atom stereocenters. The number of hydrogen-bond acceptors (Lipinski definition) is 3. The molecule has 0 bridgehead atoms. The predicted octanol–water partition coefficient (Wildman–Crippen LogP) is 2.19. The van der Waals surface area contributed by atoms with Crippen molar-refractivity contribution < 1.29 is 9.50 Å². The van der Waals surface area contributed by atoms with Crippen LogP contribution in [0.25, 0.3) is 0 Å². The molecule has 1 aromatic rings. The Morgan fingerprint density at radius 2 is 2.12 bits per heavy atom. The number of anilines is 1. The number of aliphatic hydroxyl groups is 1. The molecule has 1 aliphatic rings. The SMILES string of the molecule is OCC1(CNc2ccc(F)cn2)CCCC1. The molecule has 1 aliphatic carbocycles. The fraction of sp³-hybridized carbons (Fsp3) is 0.583. The first-order valence-corrected chi connectivity index (χ1v) is 5.70. The molecule has 1 aromatic heterocycles. The Hall–Kier alpha value is -1.16. The van der Waals surface area contributed by atoms with Crippen molar-refractivity contribution in [1.82, 2.24) is 4.98 Å². The van der Waals surface area contributed by atoms with Crippen LogP contribution >= 0.6 is 0 Å². The number of nitrogens with one attached hydrogen (secondary N) is 1. The summed E-state index contributed by atoms with van der Waals surface area (Å²) in [7, 11) is 0. The van der Waals surface area contributed by atoms with Crippen LogP contribution in [-0.2, 0) is 0 Å². The molecular formula is C12H17FN2O. The lowest BCUT2D eigenvalue weighted by atomic mass is 9.87. The van der Waals surface area contributed by atoms with Gasteiger partial charge < -0.3 is 10.4 Å². The first-order chi connectivity index (χ1) is 7.74. The van der Waals surface area contributed by atoms with Crippen LogP contribution in [-0.4, -0.2) is 23.2 Å². The predicted molar refractivity (Wildman–Crippen MR) is 60.7 cm³/mol. The van der Waals surface area contributed by atoms with Gasteiger partial charge in [0.05, 0.1) is 12.8 Å². The van der Waals surface area contributed by atoms with Gasteiger partial charge in [0.25, 0.3) is 0 Å². The molecule has 0 saturated heterocycles. The molecule has 0 spiro atoms. The van der Waals surface area contributed by atoms with Gasteiger partial charge >= 0.3 is 0 Å². The second-order valence-corrected chi connectivity index (χ2v) is 4.58. The third-order valence-electron chi connectivity index (χ3n) is 3.37. The monoisotopic (exact) mass is 224 g/mol. The van der Waals surface area contributed by atoms with Crippen molar-refractivity contribution in [3.05, 3.63) is 24.1 Å². The lowest BCUT2D eigenvalue weighted by Gasteiger charge is -2.26. The molecule has 3 nitrogen and oxygen atoms in total. The van der Waals surface area contributed by atoms with Crippen LogP contribution in [0.4, 0.5) is 10.2 Å². The summed E-state index contributed by atoms with van der Waals surface area (Å²) < 4.78 is 12.6. The van der Waals surface area contributed by atoms with Gasteiger partial charge in [-0.2, -0.15) is 0 Å². The zero-order valence-corrected chi connectivity index (χ0v) is 9.25. The molecule has 0 aliphatic heterocycles. The highest BCUT2D eigenvalue weighted by atomic mass is 19.1. The maximum absolute atomic E-state index is 12.6. The number of hydrogen-bond donors (Lipinski definition) is 2. The van der Waals surface area contributed by atoms with E-state index in [0.29, 0.717) is 12.4 Å². The molecule has 0 unspecified atom stereocenters. The van der Waals surface area contributed by atoms with Crippen molar-refractivity contribution in [2.24, 2.45) is 5.41 Å². The Morgan fingerprint density at radius 1 is 1.38 bits per heavy atom. The van der Waals surface area contributed by atoms with Gasteiger partial charge in [0.1, 0.15) is 11.6 Å². The fourth-order valence-electron chi connectivity index (χ4n) is 2.27. The van der Waals surface area contributed by atoms with Crippen molar-refractivity contribution in [3.63, 3.8) is 0 Å². The third kappa shape index (κ3) is 2.50. The largest absolute Gasteiger partial charge is 0.396 e. The minimum absolute atomic E-state index is 0.00390. The van der Waals surface area contributed by atoms with Crippen LogP contribution in [0, 0.1) is 11.2 Å². The van der Waals surface area contributed by atoms with Gasteiger partial charge in [0.2, 0.25) is 0 Å². The zero-order valence-electron chi connectivity index (χ0n) is 9.25. The first kappa shape index (κ1) is 11.3. The van der Waals surface area contributed by atoms with Gasteiger partial charge in [-0.05, 0) is 25.0 Å². The Labute approximate surface area is 94.7 Å². The Kier molecular flexibility index (Phi) is 3.39. The number of halogens is 1. The number of pyridine rings is 1. The van der Waals surface area contributed by atoms with Gasteiger partial charge in [0.15, 0.2) is 0 Å². The van der Waals surface area contributed by atoms with Crippen LogP contribution < -0.4 is 5.32 Å². The van der Waals surface area contributed by atoms with E-state index in [1.54, 1.807) is 6.07 Å². The zero-order chi connectivity index (χ0) is 11.4. The van der Waals surface area contributed by atoms with Gasteiger partial charge in [-0.3, -0.25) is 0 Å². The Bertz CT molecular complexity index is 333. The summed E-state index contributed by atoms with van der Waals surface area (Å²) in [6, 6.07) is 3.00. The summed E-state index contributed by atoms with van der Waals surface area (Å²) in [4.78, 5) is 3.94. The number of rotatable bonds is 4. The smallest absolute Gasteiger partial charge is 0.141 e. The number of aliphatic hydroxyl groups excluding tert-OH is 1. The molecule has 88 valence electrons. The Balaban J connectivity index is 1.93. The minimum atomic E-state index is -0.330. The molecule has 0 aromatic carbocycles. The molecule has 2 rings (SSSR count). The molecule has 0 amide bonds. The van der Waals surface area contributed by atoms with E-state index in [-0.39, 0.29) is 17.8 Å². The summed E-state index contributed by atoms with van der Waals surface area (Å²) in [6.07, 6.45) is 5.66. The van der Waals surface area contributed by atoms with E-state index in [1.807, 2.05) is 0 Å². The molecule has 16 heavy (non-hydrogen) atoms. The van der Waals surface area contributed by atoms with E-state index < -0.39 is 0 Å². The highest BCUT2D eigenvalue weighted by molar-refractivity contribution is 5.33. The number of aromatic nitrogens is 1. The first-order valence-electron chi connectivity index (χ1n) is 5.70. The standard InChI is InChI=1S/C12H17FN2O/c13-10-3-4-11(14-7-10)15-8-12(9-16)5-1-2-6-12/h3-4,7,16H,1-2,5-6,8-9H2,(H,14,15). The van der Waals surface area contributed by atoms with E-state index in [2.05, 4.69) is 10.3 Å². The maximum Gasteiger partial charge on any atom is 0.141 e. The van der Waals surface area contributed by atoms with E-state index in [1.165, 1.54) is 25.1 Å². The molecule has 1 heterocycles. The summed E-state index contributed by atoms with van der Waals surface area (Å²) >= 11 is 0. The van der Waals surface area contributed by atoms with Crippen molar-refractivity contribution in [2.45, 2.75) is 25.7 Å². The second-order valence-electron chi connectivity index (χ2n) is 4.58. The van der Waals surface area contributed by atoms with Crippen LogP contribution in [0.5, 0.6) is 0 Å². The van der Waals surface area contributed by atoms with Crippen molar-refractivity contribution in [2.75, 3.05) is 18.5 Å². The highest BCUT2D eigenvalue weighted by Crippen LogP contribution is 2.37. The average molecular weight is 224 g/mol. The van der Waals surface area contributed by atoms with E-state index >= 15 is 0 Å². The molecule has 1 saturated carbocycles. The summed E-state index contributed by atoms with van der Waals surface area (Å²) in [5.41, 5.74) is -0.00390. The average Bonchev–Trinajstić information content (AvgIpc) is 2.78. The quantitative estimate of drug-likeness (QED) is 0.824. The van der Waals surface area contributed by atoms with Gasteiger partial charge in [-0.1, -0.05) is 12.8 Å². The van der Waals surface area contributed by atoms with Gasteiger partial charge in [-0.15, -0.1) is 0 Å². The normalized spacial score (nSPS) is 18.6. The lowest BCUT2D eigenvalue weighted by molar-refractivity contribution is 0.142. The van der Waals surface area contributed by atoms with E-state index in [9.17, 15) is 9.50 Å². The van der Waals surface area contributed by atoms with Crippen molar-refractivity contribution in [1.29, 1.82) is 0 Å². The minimum Gasteiger partial charge on any atom is -0.396 e. The van der Waals surface area contributed by atoms with Crippen LogP contribution in [0.1, 0.15) is 25.7 Å². The Morgan fingerprint density at radius 3 is 2.69 bits per heavy atom. The van der Waals surface area contributed by atoms with Gasteiger partial charge in [0, 0.05) is 12.0 Å². The van der Waals surface area contributed by atoms with Crippen LogP contribution in [0.2, 0.25) is 0 Å². The molecule has 4 heteroatoms. The summed E-state index contributed by atoms with van der Waals surface area (Å²) in [5.74, 6) is 0.337. The third-order valence-corrected chi connectivity index (χ3v) is 3.37. The van der Waals surface area contributed by atoms with Gasteiger partial charge in [-0.25, -0.2) is 9.37 Å². The fourth-order valence-corrected chi connectivity index (χ4v) is 2.27. The molecular weight excluding hydrogens is 207 g/mol. The molecule has 0 radical (unpaired) electrons. The molecule has 2 N–H and O–H groups in total. The van der Waals surface area contributed by atoms with Crippen LogP contribution in [0.15, 0.2) is 18.3 Å². The van der Waals surface area contributed by atoms with Crippen molar-refractivity contribution in [3.8, 4) is 0 Å². The van der Waals surface area contributed by atoms with E-state index in [0.717, 1.165) is 12.8 Å². The maximum atomic E-state index is 12.6. The lowest BCUT2D eigenvalue weighted by Crippen LogP contribution is -2.30. The van der Waals surface area contributed by atoms with Crippen molar-refractivity contribution >= 4 is 5.82 Å². The summed E-state index contributed by atoms with van der Waals surface area (Å²) in [6.45, 7) is 0.920. The molecule has 1 fully saturated rings. The topological polar surface area (TPSA) is 45.1 Å².